The molecule has 1 saturated heterocycles. The Morgan fingerprint density at radius 3 is 2.50 bits per heavy atom. The van der Waals surface area contributed by atoms with Crippen LogP contribution in [0.5, 0.6) is 0 Å². The van der Waals surface area contributed by atoms with Gasteiger partial charge in [-0.15, -0.1) is 0 Å². The Morgan fingerprint density at radius 1 is 1.03 bits per heavy atom. The molecular formula is C27H40N4O. The number of carbonyl (C=O) groups is 1. The zero-order valence-corrected chi connectivity index (χ0v) is 20.4. The third kappa shape index (κ3) is 6.08. The van der Waals surface area contributed by atoms with Crippen molar-refractivity contribution in [1.82, 2.24) is 14.9 Å². The fourth-order valence-electron chi connectivity index (χ4n) is 4.73. The highest BCUT2D eigenvalue weighted by Crippen LogP contribution is 2.26. The smallest absolute Gasteiger partial charge is 0.225 e. The molecule has 0 bridgehead atoms. The van der Waals surface area contributed by atoms with Crippen LogP contribution in [0.3, 0.4) is 0 Å². The molecule has 2 aromatic rings. The lowest BCUT2D eigenvalue weighted by molar-refractivity contribution is -0.135. The normalized spacial score (nSPS) is 15.5. The number of nitrogens with zero attached hydrogens (tertiary/aromatic N) is 4. The molecule has 0 N–H and O–H groups in total. The van der Waals surface area contributed by atoms with Crippen LogP contribution < -0.4 is 4.90 Å². The van der Waals surface area contributed by atoms with E-state index < -0.39 is 0 Å². The molecule has 0 spiro atoms. The van der Waals surface area contributed by atoms with Gasteiger partial charge in [0.25, 0.3) is 0 Å². The molecule has 0 saturated carbocycles. The molecule has 174 valence electrons. The highest BCUT2D eigenvalue weighted by molar-refractivity contribution is 5.79. The third-order valence-electron chi connectivity index (χ3n) is 6.60. The van der Waals surface area contributed by atoms with E-state index in [1.807, 2.05) is 6.92 Å². The number of hydrogen-bond acceptors (Lipinski definition) is 4. The van der Waals surface area contributed by atoms with Gasteiger partial charge in [-0.25, -0.2) is 9.97 Å². The van der Waals surface area contributed by atoms with E-state index in [2.05, 4.69) is 60.9 Å². The number of anilines is 1. The lowest BCUT2D eigenvalue weighted by Gasteiger charge is -2.27. The maximum absolute atomic E-state index is 13.2. The summed E-state index contributed by atoms with van der Waals surface area (Å²) in [6.07, 6.45) is 6.94. The van der Waals surface area contributed by atoms with Gasteiger partial charge in [0.2, 0.25) is 5.91 Å². The van der Waals surface area contributed by atoms with E-state index in [9.17, 15) is 4.79 Å². The zero-order valence-electron chi connectivity index (χ0n) is 20.4. The maximum Gasteiger partial charge on any atom is 0.225 e. The standard InChI is InChI=1S/C27H40N4O/c1-5-8-15-23(6-2)27(32)31-17-12-16-30(18-19-31)26-24(20-22-13-10-9-11-14-22)25(7-3)28-21(4)29-26/h9-11,13-14,23H,5-8,12,15-20H2,1-4H3/t23-/m0/s1. The van der Waals surface area contributed by atoms with Crippen molar-refractivity contribution in [1.29, 1.82) is 0 Å². The summed E-state index contributed by atoms with van der Waals surface area (Å²) in [7, 11) is 0. The highest BCUT2D eigenvalue weighted by Gasteiger charge is 2.26. The van der Waals surface area contributed by atoms with Crippen LogP contribution in [0.1, 0.15) is 75.5 Å². The van der Waals surface area contributed by atoms with Gasteiger partial charge in [0.15, 0.2) is 0 Å². The molecule has 0 unspecified atom stereocenters. The van der Waals surface area contributed by atoms with Crippen LogP contribution in [0.15, 0.2) is 30.3 Å². The molecule has 32 heavy (non-hydrogen) atoms. The third-order valence-corrected chi connectivity index (χ3v) is 6.60. The molecule has 0 aliphatic carbocycles. The number of amides is 1. The van der Waals surface area contributed by atoms with E-state index in [4.69, 9.17) is 9.97 Å². The summed E-state index contributed by atoms with van der Waals surface area (Å²) in [6, 6.07) is 10.6. The van der Waals surface area contributed by atoms with Gasteiger partial charge < -0.3 is 9.80 Å². The number of hydrogen-bond donors (Lipinski definition) is 0. The number of aromatic nitrogens is 2. The molecule has 2 heterocycles. The Labute approximate surface area is 194 Å². The van der Waals surface area contributed by atoms with E-state index in [-0.39, 0.29) is 5.92 Å². The van der Waals surface area contributed by atoms with E-state index in [1.165, 1.54) is 11.1 Å². The van der Waals surface area contributed by atoms with E-state index in [0.29, 0.717) is 5.91 Å². The first-order valence-electron chi connectivity index (χ1n) is 12.5. The molecule has 1 atom stereocenters. The quantitative estimate of drug-likeness (QED) is 0.542. The van der Waals surface area contributed by atoms with Crippen molar-refractivity contribution in [2.75, 3.05) is 31.1 Å². The lowest BCUT2D eigenvalue weighted by atomic mass is 9.97. The fraction of sp³-hybridized carbons (Fsp3) is 0.593. The summed E-state index contributed by atoms with van der Waals surface area (Å²) in [6.45, 7) is 11.9. The first-order chi connectivity index (χ1) is 15.6. The van der Waals surface area contributed by atoms with Gasteiger partial charge in [0.05, 0.1) is 0 Å². The largest absolute Gasteiger partial charge is 0.354 e. The molecule has 1 aliphatic rings. The summed E-state index contributed by atoms with van der Waals surface area (Å²) < 4.78 is 0. The van der Waals surface area contributed by atoms with Gasteiger partial charge in [-0.2, -0.15) is 0 Å². The SMILES string of the molecule is CCCC[C@H](CC)C(=O)N1CCCN(c2nc(C)nc(CC)c2Cc2ccccc2)CC1. The van der Waals surface area contributed by atoms with Crippen molar-refractivity contribution in [3.63, 3.8) is 0 Å². The second-order valence-electron chi connectivity index (χ2n) is 8.95. The minimum Gasteiger partial charge on any atom is -0.354 e. The van der Waals surface area contributed by atoms with Crippen molar-refractivity contribution >= 4 is 11.7 Å². The molecule has 5 heteroatoms. The van der Waals surface area contributed by atoms with Gasteiger partial charge in [-0.3, -0.25) is 4.79 Å². The monoisotopic (exact) mass is 436 g/mol. The number of rotatable bonds is 9. The first-order valence-corrected chi connectivity index (χ1v) is 12.5. The summed E-state index contributed by atoms with van der Waals surface area (Å²) in [4.78, 5) is 27.4. The van der Waals surface area contributed by atoms with Crippen molar-refractivity contribution in [3.8, 4) is 0 Å². The zero-order chi connectivity index (χ0) is 22.9. The molecule has 1 aliphatic heterocycles. The molecule has 1 fully saturated rings. The van der Waals surface area contributed by atoms with Crippen LogP contribution in [0, 0.1) is 12.8 Å². The molecule has 1 aromatic heterocycles. The number of benzene rings is 1. The van der Waals surface area contributed by atoms with Gasteiger partial charge >= 0.3 is 0 Å². The Bertz CT molecular complexity index is 867. The predicted molar refractivity (Wildman–Crippen MR) is 132 cm³/mol. The van der Waals surface area contributed by atoms with Crippen LogP contribution in [0.4, 0.5) is 5.82 Å². The van der Waals surface area contributed by atoms with Crippen molar-refractivity contribution in [3.05, 3.63) is 53.0 Å². The van der Waals surface area contributed by atoms with Crippen LogP contribution in [-0.2, 0) is 17.6 Å². The van der Waals surface area contributed by atoms with E-state index >= 15 is 0 Å². The summed E-state index contributed by atoms with van der Waals surface area (Å²) in [5.41, 5.74) is 3.65. The van der Waals surface area contributed by atoms with Crippen LogP contribution in [-0.4, -0.2) is 47.0 Å². The number of carbonyl (C=O) groups excluding carboxylic acids is 1. The summed E-state index contributed by atoms with van der Waals surface area (Å²) in [5.74, 6) is 2.41. The maximum atomic E-state index is 13.2. The molecule has 1 amide bonds. The van der Waals surface area contributed by atoms with E-state index in [1.54, 1.807) is 0 Å². The van der Waals surface area contributed by atoms with Crippen molar-refractivity contribution in [2.45, 2.75) is 72.6 Å². The van der Waals surface area contributed by atoms with Crippen LogP contribution in [0.25, 0.3) is 0 Å². The Morgan fingerprint density at radius 2 is 1.81 bits per heavy atom. The van der Waals surface area contributed by atoms with Gasteiger partial charge in [-0.05, 0) is 38.2 Å². The van der Waals surface area contributed by atoms with Gasteiger partial charge in [0.1, 0.15) is 11.6 Å². The Kier molecular flexibility index (Phi) is 9.07. The Balaban J connectivity index is 1.81. The minimum absolute atomic E-state index is 0.170. The van der Waals surface area contributed by atoms with Crippen LogP contribution >= 0.6 is 0 Å². The van der Waals surface area contributed by atoms with Crippen molar-refractivity contribution < 1.29 is 4.79 Å². The molecule has 0 radical (unpaired) electrons. The first kappa shape index (κ1) is 24.2. The molecule has 5 nitrogen and oxygen atoms in total. The molecular weight excluding hydrogens is 396 g/mol. The van der Waals surface area contributed by atoms with E-state index in [0.717, 1.165) is 88.5 Å². The number of aryl methyl sites for hydroxylation is 2. The predicted octanol–water partition coefficient (Wildman–Crippen LogP) is 5.19. The number of unbranched alkanes of at least 4 members (excludes halogenated alkanes) is 1. The molecule has 3 rings (SSSR count). The second-order valence-corrected chi connectivity index (χ2v) is 8.95. The summed E-state index contributed by atoms with van der Waals surface area (Å²) in [5, 5.41) is 0. The Hall–Kier alpha value is -2.43. The van der Waals surface area contributed by atoms with Gasteiger partial charge in [0, 0.05) is 49.8 Å². The average molecular weight is 437 g/mol. The fourth-order valence-corrected chi connectivity index (χ4v) is 4.73. The minimum atomic E-state index is 0.170. The highest BCUT2D eigenvalue weighted by atomic mass is 16.2. The summed E-state index contributed by atoms with van der Waals surface area (Å²) >= 11 is 0. The topological polar surface area (TPSA) is 49.3 Å². The average Bonchev–Trinajstić information content (AvgIpc) is 3.07. The lowest BCUT2D eigenvalue weighted by Crippen LogP contribution is -2.39. The molecule has 1 aromatic carbocycles. The second kappa shape index (κ2) is 12.0. The van der Waals surface area contributed by atoms with Crippen LogP contribution in [0.2, 0.25) is 0 Å². The van der Waals surface area contributed by atoms with Gasteiger partial charge in [-0.1, -0.05) is 63.9 Å². The van der Waals surface area contributed by atoms with Crippen molar-refractivity contribution in [2.24, 2.45) is 5.92 Å².